The number of benzene rings is 1. The molecule has 0 N–H and O–H groups in total. The van der Waals surface area contributed by atoms with Crippen LogP contribution in [0.3, 0.4) is 0 Å². The van der Waals surface area contributed by atoms with Crippen LogP contribution in [-0.2, 0) is 19.1 Å². The molecule has 7 nitrogen and oxygen atoms in total. The molecule has 2 aliphatic heterocycles. The Kier molecular flexibility index (Phi) is 4.80. The minimum Gasteiger partial charge on any atom is -0.485 e. The lowest BCUT2D eigenvalue weighted by atomic mass is 9.93. The van der Waals surface area contributed by atoms with Gasteiger partial charge in [-0.2, -0.15) is 13.7 Å². The van der Waals surface area contributed by atoms with Crippen LogP contribution in [0.1, 0.15) is 32.8 Å². The lowest BCUT2D eigenvalue weighted by Crippen LogP contribution is -2.47. The molecular formula is C19H22N2O5S. The Morgan fingerprint density at radius 3 is 2.59 bits per heavy atom. The van der Waals surface area contributed by atoms with Gasteiger partial charge >= 0.3 is 0 Å². The predicted octanol–water partition coefficient (Wildman–Crippen LogP) is 2.87. The van der Waals surface area contributed by atoms with E-state index in [1.54, 1.807) is 43.2 Å². The van der Waals surface area contributed by atoms with Crippen molar-refractivity contribution < 1.29 is 22.2 Å². The summed E-state index contributed by atoms with van der Waals surface area (Å²) in [5, 5.41) is 10.6. The first-order valence-corrected chi connectivity index (χ1v) is 10.3. The molecule has 2 aliphatic rings. The van der Waals surface area contributed by atoms with Gasteiger partial charge in [0.25, 0.3) is 10.1 Å². The van der Waals surface area contributed by atoms with E-state index in [0.717, 1.165) is 12.0 Å². The highest BCUT2D eigenvalue weighted by molar-refractivity contribution is 7.86. The van der Waals surface area contributed by atoms with Crippen molar-refractivity contribution in [2.45, 2.75) is 44.6 Å². The number of nitriles is 1. The number of nitrogens with zero attached hydrogens (tertiary/aromatic N) is 2. The topological polar surface area (TPSA) is 91.9 Å². The minimum absolute atomic E-state index is 0.269. The molecule has 0 spiro atoms. The first-order valence-electron chi connectivity index (χ1n) is 8.48. The third-order valence-corrected chi connectivity index (χ3v) is 5.07. The first kappa shape index (κ1) is 19.4. The third-order valence-electron chi connectivity index (χ3n) is 4.48. The van der Waals surface area contributed by atoms with Crippen LogP contribution in [0, 0.1) is 11.3 Å². The maximum atomic E-state index is 11.9. The van der Waals surface area contributed by atoms with Gasteiger partial charge in [0.2, 0.25) is 5.72 Å². The zero-order valence-electron chi connectivity index (χ0n) is 15.7. The van der Waals surface area contributed by atoms with Crippen molar-refractivity contribution in [3.8, 4) is 11.8 Å². The van der Waals surface area contributed by atoms with Gasteiger partial charge in [0.05, 0.1) is 17.9 Å². The summed E-state index contributed by atoms with van der Waals surface area (Å²) in [6.07, 6.45) is 6.15. The van der Waals surface area contributed by atoms with E-state index in [9.17, 15) is 8.42 Å². The van der Waals surface area contributed by atoms with Crippen molar-refractivity contribution in [3.63, 3.8) is 0 Å². The van der Waals surface area contributed by atoms with Crippen LogP contribution in [0.5, 0.6) is 5.75 Å². The Hall–Kier alpha value is -2.34. The molecule has 1 saturated heterocycles. The number of ether oxygens (including phenoxy) is 1. The van der Waals surface area contributed by atoms with Crippen LogP contribution in [-0.4, -0.2) is 37.2 Å². The van der Waals surface area contributed by atoms with E-state index in [1.165, 1.54) is 0 Å². The Bertz CT molecular complexity index is 928. The summed E-state index contributed by atoms with van der Waals surface area (Å²) in [6, 6.07) is 8.66. The largest absolute Gasteiger partial charge is 0.485 e. The summed E-state index contributed by atoms with van der Waals surface area (Å²) < 4.78 is 35.1. The third kappa shape index (κ3) is 4.33. The molecule has 0 radical (unpaired) electrons. The predicted molar refractivity (Wildman–Crippen MR) is 98.7 cm³/mol. The highest BCUT2D eigenvalue weighted by atomic mass is 32.2. The summed E-state index contributed by atoms with van der Waals surface area (Å²) in [6.45, 7) is 5.44. The molecule has 1 fully saturated rings. The van der Waals surface area contributed by atoms with E-state index in [0.29, 0.717) is 11.3 Å². The van der Waals surface area contributed by atoms with Gasteiger partial charge in [-0.3, -0.25) is 4.18 Å². The Morgan fingerprint density at radius 2 is 2.00 bits per heavy atom. The smallest absolute Gasteiger partial charge is 0.264 e. The van der Waals surface area contributed by atoms with Crippen LogP contribution in [0.15, 0.2) is 48.2 Å². The van der Waals surface area contributed by atoms with E-state index < -0.39 is 27.5 Å². The standard InChI is InChI=1S/C19H22N2O5S/c1-14-6-5-11-19(21(14)26-19)12-17(25-27(4,22)23)18(2,3)24-16-9-7-15(13-20)8-10-16/h5-11,17H,12H2,1-4H3. The van der Waals surface area contributed by atoms with Crippen molar-refractivity contribution in [2.24, 2.45) is 0 Å². The quantitative estimate of drug-likeness (QED) is 0.522. The molecule has 1 aromatic rings. The molecule has 1 aromatic carbocycles. The molecule has 3 rings (SSSR count). The van der Waals surface area contributed by atoms with Crippen molar-refractivity contribution in [1.29, 1.82) is 5.26 Å². The summed E-state index contributed by atoms with van der Waals surface area (Å²) in [5.41, 5.74) is -0.257. The second-order valence-electron chi connectivity index (χ2n) is 7.23. The van der Waals surface area contributed by atoms with Gasteiger partial charge in [0, 0.05) is 12.1 Å². The van der Waals surface area contributed by atoms with Gasteiger partial charge in [0.15, 0.2) is 0 Å². The van der Waals surface area contributed by atoms with Gasteiger partial charge < -0.3 is 4.74 Å². The van der Waals surface area contributed by atoms with Crippen LogP contribution >= 0.6 is 0 Å². The van der Waals surface area contributed by atoms with Crippen LogP contribution in [0.2, 0.25) is 0 Å². The summed E-state index contributed by atoms with van der Waals surface area (Å²) in [4.78, 5) is 5.71. The average molecular weight is 390 g/mol. The Balaban J connectivity index is 1.82. The maximum Gasteiger partial charge on any atom is 0.264 e. The molecule has 2 heterocycles. The summed E-state index contributed by atoms with van der Waals surface area (Å²) in [7, 11) is -3.72. The lowest BCUT2D eigenvalue weighted by molar-refractivity contribution is -0.0217. The van der Waals surface area contributed by atoms with Gasteiger partial charge in [-0.1, -0.05) is 6.08 Å². The number of allylic oxidation sites excluding steroid dienone is 3. The van der Waals surface area contributed by atoms with Crippen LogP contribution in [0.4, 0.5) is 0 Å². The molecule has 144 valence electrons. The van der Waals surface area contributed by atoms with E-state index in [-0.39, 0.29) is 6.42 Å². The van der Waals surface area contributed by atoms with Crippen molar-refractivity contribution in [1.82, 2.24) is 5.06 Å². The monoisotopic (exact) mass is 390 g/mol. The van der Waals surface area contributed by atoms with Crippen molar-refractivity contribution in [3.05, 3.63) is 53.8 Å². The zero-order valence-corrected chi connectivity index (χ0v) is 16.5. The molecule has 0 saturated carbocycles. The molecule has 27 heavy (non-hydrogen) atoms. The highest BCUT2D eigenvalue weighted by Gasteiger charge is 2.58. The zero-order chi connectivity index (χ0) is 19.9. The average Bonchev–Trinajstić information content (AvgIpc) is 3.29. The molecule has 2 atom stereocenters. The molecule has 0 aromatic heterocycles. The van der Waals surface area contributed by atoms with Gasteiger partial charge in [-0.15, -0.1) is 0 Å². The van der Waals surface area contributed by atoms with Crippen LogP contribution < -0.4 is 4.74 Å². The van der Waals surface area contributed by atoms with E-state index in [2.05, 4.69) is 0 Å². The fourth-order valence-electron chi connectivity index (χ4n) is 3.04. The number of rotatable bonds is 7. The highest BCUT2D eigenvalue weighted by Crippen LogP contribution is 2.47. The van der Waals surface area contributed by atoms with E-state index in [1.807, 2.05) is 31.2 Å². The van der Waals surface area contributed by atoms with Crippen molar-refractivity contribution >= 4 is 10.1 Å². The second kappa shape index (κ2) is 6.68. The Labute approximate surface area is 159 Å². The van der Waals surface area contributed by atoms with Crippen molar-refractivity contribution in [2.75, 3.05) is 6.26 Å². The number of hydrogen-bond donors (Lipinski definition) is 0. The molecule has 2 unspecified atom stereocenters. The lowest BCUT2D eigenvalue weighted by Gasteiger charge is -2.34. The van der Waals surface area contributed by atoms with Gasteiger partial charge in [-0.25, -0.2) is 9.90 Å². The minimum atomic E-state index is -3.72. The fraction of sp³-hybridized carbons (Fsp3) is 0.421. The molecular weight excluding hydrogens is 368 g/mol. The molecule has 0 aliphatic carbocycles. The molecule has 8 heteroatoms. The SMILES string of the molecule is CC1=CC=CC2(CC(OS(C)(=O)=O)C(C)(C)Oc3ccc(C#N)cc3)ON12. The number of hydroxylamine groups is 2. The summed E-state index contributed by atoms with van der Waals surface area (Å²) in [5.74, 6) is 0.516. The second-order valence-corrected chi connectivity index (χ2v) is 8.83. The maximum absolute atomic E-state index is 11.9. The Morgan fingerprint density at radius 1 is 1.33 bits per heavy atom. The van der Waals surface area contributed by atoms with E-state index >= 15 is 0 Å². The van der Waals surface area contributed by atoms with Gasteiger partial charge in [0.1, 0.15) is 17.5 Å². The first-order chi connectivity index (χ1) is 12.5. The number of fused-ring (bicyclic) bond motifs is 1. The molecule has 0 amide bonds. The van der Waals surface area contributed by atoms with Crippen LogP contribution in [0.25, 0.3) is 0 Å². The fourth-order valence-corrected chi connectivity index (χ4v) is 3.76. The number of hydrogen-bond acceptors (Lipinski definition) is 7. The molecule has 0 bridgehead atoms. The summed E-state index contributed by atoms with van der Waals surface area (Å²) >= 11 is 0. The normalized spacial score (nSPS) is 22.5. The van der Waals surface area contributed by atoms with E-state index in [4.69, 9.17) is 19.0 Å². The van der Waals surface area contributed by atoms with Gasteiger partial charge in [-0.05, 0) is 57.2 Å².